The number of hydrogen-bond donors (Lipinski definition) is 1. The summed E-state index contributed by atoms with van der Waals surface area (Å²) >= 11 is 1.42. The van der Waals surface area contributed by atoms with Gasteiger partial charge < -0.3 is 0 Å². The molecule has 0 saturated heterocycles. The standard InChI is InChI=1S/C17H21N5OS/c1-9(2)14-6-12(16(23)21-17-19-11(5)8-24-17)13-7-18-22(10(3)4)15(13)20-14/h6-10H,1-5H3,(H,19,21,23). The highest BCUT2D eigenvalue weighted by Gasteiger charge is 2.19. The molecule has 0 saturated carbocycles. The normalized spacial score (nSPS) is 11.6. The van der Waals surface area contributed by atoms with Gasteiger partial charge in [-0.05, 0) is 32.8 Å². The Kier molecular flexibility index (Phi) is 4.36. The highest BCUT2D eigenvalue weighted by atomic mass is 32.1. The van der Waals surface area contributed by atoms with E-state index in [1.807, 2.05) is 36.9 Å². The molecule has 126 valence electrons. The third kappa shape index (κ3) is 3.03. The van der Waals surface area contributed by atoms with E-state index in [-0.39, 0.29) is 17.9 Å². The average molecular weight is 343 g/mol. The van der Waals surface area contributed by atoms with E-state index in [0.29, 0.717) is 10.7 Å². The molecule has 3 rings (SSSR count). The van der Waals surface area contributed by atoms with E-state index < -0.39 is 0 Å². The monoisotopic (exact) mass is 343 g/mol. The summed E-state index contributed by atoms with van der Waals surface area (Å²) in [5, 5.41) is 10.6. The molecular formula is C17H21N5OS. The van der Waals surface area contributed by atoms with E-state index >= 15 is 0 Å². The summed E-state index contributed by atoms with van der Waals surface area (Å²) < 4.78 is 1.85. The fourth-order valence-corrected chi connectivity index (χ4v) is 3.16. The molecule has 0 bridgehead atoms. The Morgan fingerprint density at radius 2 is 2.00 bits per heavy atom. The summed E-state index contributed by atoms with van der Waals surface area (Å²) in [6.45, 7) is 10.1. The summed E-state index contributed by atoms with van der Waals surface area (Å²) in [4.78, 5) is 21.8. The zero-order chi connectivity index (χ0) is 17.4. The van der Waals surface area contributed by atoms with Crippen LogP contribution in [-0.2, 0) is 0 Å². The van der Waals surface area contributed by atoms with Crippen LogP contribution in [0.4, 0.5) is 5.13 Å². The van der Waals surface area contributed by atoms with E-state index in [1.165, 1.54) is 11.3 Å². The van der Waals surface area contributed by atoms with E-state index in [0.717, 1.165) is 22.4 Å². The number of thiazole rings is 1. The van der Waals surface area contributed by atoms with Crippen molar-refractivity contribution in [2.45, 2.75) is 46.6 Å². The molecule has 0 aliphatic heterocycles. The maximum absolute atomic E-state index is 12.8. The minimum absolute atomic E-state index is 0.176. The number of carbonyl (C=O) groups is 1. The van der Waals surface area contributed by atoms with Crippen molar-refractivity contribution in [3.8, 4) is 0 Å². The van der Waals surface area contributed by atoms with Gasteiger partial charge in [0.25, 0.3) is 5.91 Å². The molecule has 24 heavy (non-hydrogen) atoms. The molecule has 3 aromatic heterocycles. The van der Waals surface area contributed by atoms with Crippen molar-refractivity contribution in [2.75, 3.05) is 5.32 Å². The Bertz CT molecular complexity index is 894. The van der Waals surface area contributed by atoms with Gasteiger partial charge in [0.1, 0.15) is 0 Å². The molecular weight excluding hydrogens is 322 g/mol. The summed E-state index contributed by atoms with van der Waals surface area (Å²) in [6.07, 6.45) is 1.72. The van der Waals surface area contributed by atoms with Gasteiger partial charge in [-0.3, -0.25) is 10.1 Å². The fraction of sp³-hybridized carbons (Fsp3) is 0.412. The lowest BCUT2D eigenvalue weighted by Gasteiger charge is -2.11. The van der Waals surface area contributed by atoms with Crippen LogP contribution in [0.3, 0.4) is 0 Å². The lowest BCUT2D eigenvalue weighted by Crippen LogP contribution is -2.14. The highest BCUT2D eigenvalue weighted by Crippen LogP contribution is 2.25. The predicted octanol–water partition coefficient (Wildman–Crippen LogP) is 4.15. The second-order valence-corrected chi connectivity index (χ2v) is 7.28. The molecule has 0 radical (unpaired) electrons. The Morgan fingerprint density at radius 1 is 1.25 bits per heavy atom. The number of amides is 1. The summed E-state index contributed by atoms with van der Waals surface area (Å²) in [5.74, 6) is 0.0422. The maximum atomic E-state index is 12.8. The van der Waals surface area contributed by atoms with Crippen molar-refractivity contribution in [3.63, 3.8) is 0 Å². The molecule has 0 aliphatic carbocycles. The molecule has 0 aliphatic rings. The third-order valence-corrected chi connectivity index (χ3v) is 4.63. The Labute approximate surface area is 144 Å². The maximum Gasteiger partial charge on any atom is 0.258 e. The zero-order valence-electron chi connectivity index (χ0n) is 14.5. The minimum Gasteiger partial charge on any atom is -0.298 e. The number of aromatic nitrogens is 4. The lowest BCUT2D eigenvalue weighted by atomic mass is 10.0. The van der Waals surface area contributed by atoms with Gasteiger partial charge in [0, 0.05) is 17.1 Å². The molecule has 0 fully saturated rings. The van der Waals surface area contributed by atoms with Crippen LogP contribution in [0.15, 0.2) is 17.6 Å². The molecule has 6 nitrogen and oxygen atoms in total. The number of aryl methyl sites for hydroxylation is 1. The van der Waals surface area contributed by atoms with Gasteiger partial charge in [0.2, 0.25) is 0 Å². The van der Waals surface area contributed by atoms with E-state index in [1.54, 1.807) is 6.20 Å². The number of anilines is 1. The lowest BCUT2D eigenvalue weighted by molar-refractivity contribution is 0.102. The Balaban J connectivity index is 2.09. The van der Waals surface area contributed by atoms with Gasteiger partial charge in [-0.25, -0.2) is 14.6 Å². The number of hydrogen-bond acceptors (Lipinski definition) is 5. The van der Waals surface area contributed by atoms with Crippen molar-refractivity contribution in [1.29, 1.82) is 0 Å². The number of nitrogens with zero attached hydrogens (tertiary/aromatic N) is 4. The predicted molar refractivity (Wildman–Crippen MR) is 96.8 cm³/mol. The van der Waals surface area contributed by atoms with Crippen LogP contribution < -0.4 is 5.32 Å². The number of fused-ring (bicyclic) bond motifs is 1. The van der Waals surface area contributed by atoms with Crippen LogP contribution in [0, 0.1) is 6.92 Å². The first-order chi connectivity index (χ1) is 11.4. The van der Waals surface area contributed by atoms with E-state index in [2.05, 4.69) is 29.2 Å². The third-order valence-electron chi connectivity index (χ3n) is 3.75. The zero-order valence-corrected chi connectivity index (χ0v) is 15.3. The molecule has 0 aromatic carbocycles. The smallest absolute Gasteiger partial charge is 0.258 e. The van der Waals surface area contributed by atoms with Crippen LogP contribution in [0.1, 0.15) is 61.4 Å². The molecule has 3 aromatic rings. The average Bonchev–Trinajstić information content (AvgIpc) is 3.11. The van der Waals surface area contributed by atoms with Crippen LogP contribution in [0.2, 0.25) is 0 Å². The van der Waals surface area contributed by atoms with Gasteiger partial charge in [-0.2, -0.15) is 5.10 Å². The molecule has 7 heteroatoms. The molecule has 3 heterocycles. The van der Waals surface area contributed by atoms with Crippen molar-refractivity contribution >= 4 is 33.4 Å². The molecule has 0 unspecified atom stereocenters. The van der Waals surface area contributed by atoms with Crippen molar-refractivity contribution in [2.24, 2.45) is 0 Å². The molecule has 0 spiro atoms. The van der Waals surface area contributed by atoms with Gasteiger partial charge in [0.05, 0.1) is 22.8 Å². The first-order valence-corrected chi connectivity index (χ1v) is 8.86. The summed E-state index contributed by atoms with van der Waals surface area (Å²) in [6, 6.07) is 2.03. The van der Waals surface area contributed by atoms with Crippen LogP contribution in [-0.4, -0.2) is 25.7 Å². The van der Waals surface area contributed by atoms with Gasteiger partial charge >= 0.3 is 0 Å². The second-order valence-electron chi connectivity index (χ2n) is 6.42. The highest BCUT2D eigenvalue weighted by molar-refractivity contribution is 7.13. The van der Waals surface area contributed by atoms with Gasteiger partial charge in [-0.1, -0.05) is 13.8 Å². The SMILES string of the molecule is Cc1csc(NC(=O)c2cc(C(C)C)nc3c2cnn3C(C)C)n1. The summed E-state index contributed by atoms with van der Waals surface area (Å²) in [7, 11) is 0. The van der Waals surface area contributed by atoms with Crippen LogP contribution in [0.25, 0.3) is 11.0 Å². The molecule has 1 amide bonds. The van der Waals surface area contributed by atoms with Gasteiger partial charge in [0.15, 0.2) is 10.8 Å². The fourth-order valence-electron chi connectivity index (χ4n) is 2.47. The van der Waals surface area contributed by atoms with E-state index in [4.69, 9.17) is 4.98 Å². The quantitative estimate of drug-likeness (QED) is 0.772. The van der Waals surface area contributed by atoms with Crippen LogP contribution in [0.5, 0.6) is 0 Å². The number of pyridine rings is 1. The second kappa shape index (κ2) is 6.32. The number of carbonyl (C=O) groups excluding carboxylic acids is 1. The van der Waals surface area contributed by atoms with Crippen molar-refractivity contribution in [1.82, 2.24) is 19.7 Å². The number of nitrogens with one attached hydrogen (secondary N) is 1. The van der Waals surface area contributed by atoms with Crippen molar-refractivity contribution < 1.29 is 4.79 Å². The van der Waals surface area contributed by atoms with Gasteiger partial charge in [-0.15, -0.1) is 11.3 Å². The first-order valence-electron chi connectivity index (χ1n) is 7.98. The number of rotatable bonds is 4. The van der Waals surface area contributed by atoms with Crippen molar-refractivity contribution in [3.05, 3.63) is 34.6 Å². The Morgan fingerprint density at radius 3 is 2.58 bits per heavy atom. The first kappa shape index (κ1) is 16.6. The van der Waals surface area contributed by atoms with Crippen LogP contribution >= 0.6 is 11.3 Å². The molecule has 1 N–H and O–H groups in total. The Hall–Kier alpha value is -2.28. The summed E-state index contributed by atoms with van der Waals surface area (Å²) in [5.41, 5.74) is 3.11. The van der Waals surface area contributed by atoms with E-state index in [9.17, 15) is 4.79 Å². The largest absolute Gasteiger partial charge is 0.298 e. The molecule has 0 atom stereocenters. The topological polar surface area (TPSA) is 72.7 Å². The minimum atomic E-state index is -0.179.